The van der Waals surface area contributed by atoms with Crippen LogP contribution in [0.3, 0.4) is 0 Å². The van der Waals surface area contributed by atoms with Gasteiger partial charge in [0.1, 0.15) is 0 Å². The Labute approximate surface area is 272 Å². The van der Waals surface area contributed by atoms with E-state index in [0.717, 1.165) is 40.7 Å². The second-order valence-electron chi connectivity index (χ2n) is 10.8. The normalized spacial score (nSPS) is 14.2. The number of esters is 1. The molecule has 1 aliphatic rings. The van der Waals surface area contributed by atoms with Gasteiger partial charge in [-0.25, -0.2) is 0 Å². The lowest BCUT2D eigenvalue weighted by molar-refractivity contribution is -0.142. The van der Waals surface area contributed by atoms with E-state index in [2.05, 4.69) is 38.8 Å². The molecule has 3 aromatic rings. The second-order valence-corrected chi connectivity index (χ2v) is 12.4. The molecule has 230 valence electrons. The molecule has 5 N–H and O–H groups in total. The van der Waals surface area contributed by atoms with Gasteiger partial charge in [0.15, 0.2) is 0 Å². The average Bonchev–Trinajstić information content (AvgIpc) is 3.00. The van der Waals surface area contributed by atoms with Gasteiger partial charge in [-0.15, -0.1) is 0 Å². The Bertz CT molecular complexity index is 1390. The molecule has 1 fully saturated rings. The maximum atomic E-state index is 13.1. The minimum absolute atomic E-state index is 0.0772. The third-order valence-corrected chi connectivity index (χ3v) is 9.03. The Hall–Kier alpha value is -2.78. The molecule has 7 nitrogen and oxygen atoms in total. The first-order valence-corrected chi connectivity index (χ1v) is 16.4. The summed E-state index contributed by atoms with van der Waals surface area (Å²) in [4.78, 5) is 25.7. The molecule has 0 radical (unpaired) electrons. The van der Waals surface area contributed by atoms with E-state index in [1.54, 1.807) is 24.3 Å². The van der Waals surface area contributed by atoms with Crippen molar-refractivity contribution < 1.29 is 14.3 Å². The number of anilines is 3. The molecule has 1 atom stereocenters. The molecule has 4 rings (SSSR count). The summed E-state index contributed by atoms with van der Waals surface area (Å²) < 4.78 is 6.18. The number of rotatable bonds is 13. The fourth-order valence-electron chi connectivity index (χ4n) is 5.56. The molecule has 0 aromatic heterocycles. The summed E-state index contributed by atoms with van der Waals surface area (Å²) in [6, 6.07) is 16.5. The highest BCUT2D eigenvalue weighted by atomic mass is 79.9. The maximum absolute atomic E-state index is 13.1. The number of hydrogen-bond acceptors (Lipinski definition) is 6. The molecule has 10 heteroatoms. The van der Waals surface area contributed by atoms with E-state index in [9.17, 15) is 9.59 Å². The molecule has 1 unspecified atom stereocenters. The van der Waals surface area contributed by atoms with Gasteiger partial charge in [-0.1, -0.05) is 73.7 Å². The van der Waals surface area contributed by atoms with Gasteiger partial charge in [0.05, 0.1) is 34.4 Å². The van der Waals surface area contributed by atoms with Gasteiger partial charge in [-0.2, -0.15) is 0 Å². The number of ether oxygens (including phenoxy) is 1. The molecule has 1 aliphatic carbocycles. The number of nitrogens with two attached hydrogens (primary N) is 1. The lowest BCUT2D eigenvalue weighted by atomic mass is 9.80. The van der Waals surface area contributed by atoms with Crippen LogP contribution in [0.2, 0.25) is 10.0 Å². The van der Waals surface area contributed by atoms with Gasteiger partial charge in [0, 0.05) is 28.3 Å². The van der Waals surface area contributed by atoms with Crippen LogP contribution in [0.15, 0.2) is 59.1 Å². The first-order valence-electron chi connectivity index (χ1n) is 14.8. The molecular formula is C33H39BrCl2N4O3. The van der Waals surface area contributed by atoms with Crippen molar-refractivity contribution in [3.63, 3.8) is 0 Å². The molecule has 3 aromatic carbocycles. The van der Waals surface area contributed by atoms with E-state index in [4.69, 9.17) is 33.7 Å². The number of amides is 1. The van der Waals surface area contributed by atoms with Gasteiger partial charge in [0.25, 0.3) is 5.91 Å². The standard InChI is InChI=1S/C33H39BrCl2N4O3/c1-2-38-31(21-10-4-3-5-11-21)24-18-23(19-25(34)30(24)37)33(42)39-16-9-17-43-29(41)20-22-12-6-7-15-28(22)40-32-26(35)13-8-14-27(32)36/h6-8,12-15,18-19,21,31,38,40H,2-5,9-11,16-17,20,37H2,1H3,(H,39,42). The van der Waals surface area contributed by atoms with Crippen LogP contribution in [-0.2, 0) is 16.0 Å². The zero-order valence-corrected chi connectivity index (χ0v) is 27.5. The lowest BCUT2D eigenvalue weighted by Crippen LogP contribution is -2.31. The van der Waals surface area contributed by atoms with Crippen molar-refractivity contribution in [3.8, 4) is 0 Å². The molecule has 0 saturated heterocycles. The molecule has 1 amide bonds. The highest BCUT2D eigenvalue weighted by Gasteiger charge is 2.27. The number of para-hydroxylation sites is 2. The van der Waals surface area contributed by atoms with Crippen LogP contribution < -0.4 is 21.7 Å². The first kappa shape index (κ1) is 33.1. The topological polar surface area (TPSA) is 105 Å². The quantitative estimate of drug-likeness (QED) is 0.0819. The summed E-state index contributed by atoms with van der Waals surface area (Å²) in [6.07, 6.45) is 6.59. The van der Waals surface area contributed by atoms with Crippen LogP contribution in [0, 0.1) is 5.92 Å². The third kappa shape index (κ3) is 9.11. The summed E-state index contributed by atoms with van der Waals surface area (Å²) in [5.41, 5.74) is 10.7. The third-order valence-electron chi connectivity index (χ3n) is 7.75. The Balaban J connectivity index is 1.29. The smallest absolute Gasteiger partial charge is 0.310 e. The summed E-state index contributed by atoms with van der Waals surface area (Å²) in [6.45, 7) is 3.47. The summed E-state index contributed by atoms with van der Waals surface area (Å²) >= 11 is 16.2. The van der Waals surface area contributed by atoms with Crippen molar-refractivity contribution in [1.82, 2.24) is 10.6 Å². The predicted octanol–water partition coefficient (Wildman–Crippen LogP) is 8.22. The summed E-state index contributed by atoms with van der Waals surface area (Å²) in [5, 5.41) is 10.8. The zero-order chi connectivity index (χ0) is 30.8. The van der Waals surface area contributed by atoms with Crippen LogP contribution in [0.25, 0.3) is 0 Å². The van der Waals surface area contributed by atoms with E-state index >= 15 is 0 Å². The molecule has 0 bridgehead atoms. The van der Waals surface area contributed by atoms with Crippen molar-refractivity contribution in [3.05, 3.63) is 85.8 Å². The Morgan fingerprint density at radius 3 is 2.49 bits per heavy atom. The van der Waals surface area contributed by atoms with Crippen molar-refractivity contribution >= 4 is 68.1 Å². The van der Waals surface area contributed by atoms with Gasteiger partial charge >= 0.3 is 5.97 Å². The monoisotopic (exact) mass is 688 g/mol. The van der Waals surface area contributed by atoms with Gasteiger partial charge in [-0.3, -0.25) is 9.59 Å². The van der Waals surface area contributed by atoms with Crippen molar-refractivity contribution in [2.45, 2.75) is 57.9 Å². The molecule has 0 heterocycles. The Kier molecular flexibility index (Phi) is 12.6. The minimum atomic E-state index is -0.366. The number of nitrogens with one attached hydrogen (secondary N) is 3. The zero-order valence-electron chi connectivity index (χ0n) is 24.4. The van der Waals surface area contributed by atoms with Gasteiger partial charge in [0.2, 0.25) is 0 Å². The first-order chi connectivity index (χ1) is 20.8. The number of nitrogen functional groups attached to an aromatic ring is 1. The Morgan fingerprint density at radius 2 is 1.77 bits per heavy atom. The van der Waals surface area contributed by atoms with Crippen molar-refractivity contribution in [2.24, 2.45) is 5.92 Å². The second kappa shape index (κ2) is 16.3. The summed E-state index contributed by atoms with van der Waals surface area (Å²) in [5.74, 6) is -0.0619. The van der Waals surface area contributed by atoms with Crippen LogP contribution in [0.4, 0.5) is 17.1 Å². The summed E-state index contributed by atoms with van der Waals surface area (Å²) in [7, 11) is 0. The molecule has 0 spiro atoms. The van der Waals surface area contributed by atoms with Crippen LogP contribution in [0.1, 0.15) is 73.0 Å². The largest absolute Gasteiger partial charge is 0.465 e. The van der Waals surface area contributed by atoms with Crippen LogP contribution >= 0.6 is 39.1 Å². The molecule has 1 saturated carbocycles. The van der Waals surface area contributed by atoms with Crippen molar-refractivity contribution in [2.75, 3.05) is 30.7 Å². The van der Waals surface area contributed by atoms with E-state index in [-0.39, 0.29) is 30.9 Å². The molecule has 43 heavy (non-hydrogen) atoms. The van der Waals surface area contributed by atoms with E-state index in [1.165, 1.54) is 19.3 Å². The van der Waals surface area contributed by atoms with E-state index < -0.39 is 0 Å². The predicted molar refractivity (Wildman–Crippen MR) is 179 cm³/mol. The van der Waals surface area contributed by atoms with Gasteiger partial charge < -0.3 is 26.4 Å². The SMILES string of the molecule is CCNC(c1cc(C(=O)NCCCOC(=O)Cc2ccccc2Nc2c(Cl)cccc2Cl)cc(Br)c1N)C1CCCCC1. The molecule has 0 aliphatic heterocycles. The number of carbonyl (C=O) groups excluding carboxylic acids is 2. The fraction of sp³-hybridized carbons (Fsp3) is 0.394. The van der Waals surface area contributed by atoms with E-state index in [1.807, 2.05) is 30.3 Å². The number of carbonyl (C=O) groups is 2. The van der Waals surface area contributed by atoms with Gasteiger partial charge in [-0.05, 0) is 89.1 Å². The highest BCUT2D eigenvalue weighted by molar-refractivity contribution is 9.10. The maximum Gasteiger partial charge on any atom is 0.310 e. The number of benzene rings is 3. The molecular weight excluding hydrogens is 651 g/mol. The van der Waals surface area contributed by atoms with Crippen LogP contribution in [0.5, 0.6) is 0 Å². The number of halogens is 3. The fourth-order valence-corrected chi connectivity index (χ4v) is 6.53. The van der Waals surface area contributed by atoms with Crippen molar-refractivity contribution in [1.29, 1.82) is 0 Å². The Morgan fingerprint density at radius 1 is 1.05 bits per heavy atom. The number of hydrogen-bond donors (Lipinski definition) is 4. The van der Waals surface area contributed by atoms with Crippen LogP contribution in [-0.4, -0.2) is 31.6 Å². The average molecular weight is 691 g/mol. The van der Waals surface area contributed by atoms with E-state index in [0.29, 0.717) is 45.9 Å². The highest BCUT2D eigenvalue weighted by Crippen LogP contribution is 2.39. The lowest BCUT2D eigenvalue weighted by Gasteiger charge is -2.32. The minimum Gasteiger partial charge on any atom is -0.465 e.